The molecule has 2 aliphatic carbocycles. The van der Waals surface area contributed by atoms with Gasteiger partial charge in [0, 0.05) is 5.02 Å². The molecule has 5 nitrogen and oxygen atoms in total. The molecule has 6 heteroatoms. The molecule has 32 heavy (non-hydrogen) atoms. The van der Waals surface area contributed by atoms with Gasteiger partial charge in [-0.05, 0) is 71.4 Å². The van der Waals surface area contributed by atoms with Crippen molar-refractivity contribution >= 4 is 11.6 Å². The Morgan fingerprint density at radius 3 is 2.41 bits per heavy atom. The van der Waals surface area contributed by atoms with Crippen molar-refractivity contribution in [3.63, 3.8) is 0 Å². The van der Waals surface area contributed by atoms with E-state index in [9.17, 15) is 20.4 Å². The third-order valence-corrected chi connectivity index (χ3v) is 8.12. The summed E-state index contributed by atoms with van der Waals surface area (Å²) in [6.07, 6.45) is 2.55. The molecular weight excluding hydrogens is 428 g/mol. The maximum absolute atomic E-state index is 10.5. The molecule has 1 saturated carbocycles. The second-order valence-electron chi connectivity index (χ2n) is 9.94. The lowest BCUT2D eigenvalue weighted by molar-refractivity contribution is -0.231. The molecule has 0 radical (unpaired) electrons. The van der Waals surface area contributed by atoms with Crippen molar-refractivity contribution in [2.75, 3.05) is 6.61 Å². The van der Waals surface area contributed by atoms with Gasteiger partial charge >= 0.3 is 0 Å². The lowest BCUT2D eigenvalue weighted by atomic mass is 9.83. The molecule has 0 unspecified atom stereocenters. The largest absolute Gasteiger partial charge is 0.394 e. The van der Waals surface area contributed by atoms with Crippen LogP contribution in [-0.2, 0) is 24.0 Å². The monoisotopic (exact) mass is 458 g/mol. The van der Waals surface area contributed by atoms with E-state index in [0.717, 1.165) is 5.56 Å². The molecule has 2 fully saturated rings. The highest BCUT2D eigenvalue weighted by Crippen LogP contribution is 2.49. The number of ether oxygens (including phenoxy) is 1. The summed E-state index contributed by atoms with van der Waals surface area (Å²) in [6.45, 7) is -0.446. The molecule has 2 aromatic rings. The van der Waals surface area contributed by atoms with Crippen LogP contribution in [0.2, 0.25) is 5.02 Å². The lowest BCUT2D eigenvalue weighted by Gasteiger charge is -2.40. The normalized spacial score (nSPS) is 31.2. The lowest BCUT2D eigenvalue weighted by Crippen LogP contribution is -2.55. The van der Waals surface area contributed by atoms with Crippen molar-refractivity contribution in [1.82, 2.24) is 0 Å². The van der Waals surface area contributed by atoms with Gasteiger partial charge < -0.3 is 25.2 Å². The Kier molecular flexibility index (Phi) is 6.08. The topological polar surface area (TPSA) is 90.2 Å². The van der Waals surface area contributed by atoms with Crippen molar-refractivity contribution in [3.05, 3.63) is 69.2 Å². The molecule has 1 spiro atoms. The Morgan fingerprint density at radius 2 is 1.66 bits per heavy atom. The van der Waals surface area contributed by atoms with Gasteiger partial charge in [-0.15, -0.1) is 0 Å². The minimum atomic E-state index is -1.40. The van der Waals surface area contributed by atoms with E-state index in [4.69, 9.17) is 16.3 Å². The Morgan fingerprint density at radius 1 is 0.906 bits per heavy atom. The second kappa shape index (κ2) is 8.71. The fourth-order valence-corrected chi connectivity index (χ4v) is 6.16. The third kappa shape index (κ3) is 4.00. The predicted molar refractivity (Wildman–Crippen MR) is 122 cm³/mol. The average Bonchev–Trinajstić information content (AvgIpc) is 3.39. The zero-order chi connectivity index (χ0) is 22.5. The van der Waals surface area contributed by atoms with Gasteiger partial charge in [0.1, 0.15) is 30.5 Å². The van der Waals surface area contributed by atoms with Crippen LogP contribution >= 0.6 is 11.6 Å². The molecule has 1 aliphatic heterocycles. The van der Waals surface area contributed by atoms with Gasteiger partial charge in [0.25, 0.3) is 0 Å². The van der Waals surface area contributed by atoms with Crippen LogP contribution in [0.15, 0.2) is 36.4 Å². The van der Waals surface area contributed by atoms with E-state index in [1.165, 1.54) is 55.2 Å². The van der Waals surface area contributed by atoms with Crippen molar-refractivity contribution in [2.24, 2.45) is 5.41 Å². The summed E-state index contributed by atoms with van der Waals surface area (Å²) < 4.78 is 5.72. The van der Waals surface area contributed by atoms with Crippen LogP contribution in [-0.4, -0.2) is 51.4 Å². The smallest absolute Gasteiger partial charge is 0.113 e. The molecule has 1 heterocycles. The van der Waals surface area contributed by atoms with Crippen molar-refractivity contribution in [2.45, 2.75) is 75.5 Å². The van der Waals surface area contributed by atoms with Crippen LogP contribution in [0.4, 0.5) is 0 Å². The summed E-state index contributed by atoms with van der Waals surface area (Å²) in [6, 6.07) is 12.2. The molecule has 4 N–H and O–H groups in total. The van der Waals surface area contributed by atoms with E-state index >= 15 is 0 Å². The predicted octanol–water partition coefficient (Wildman–Crippen LogP) is 3.10. The van der Waals surface area contributed by atoms with Crippen LogP contribution < -0.4 is 0 Å². The molecule has 172 valence electrons. The van der Waals surface area contributed by atoms with E-state index in [2.05, 4.69) is 18.2 Å². The molecule has 3 aliphatic rings. The summed E-state index contributed by atoms with van der Waals surface area (Å²) in [4.78, 5) is 0. The fraction of sp³-hybridized carbons (Fsp3) is 0.538. The van der Waals surface area contributed by atoms with E-state index in [0.29, 0.717) is 22.4 Å². The minimum Gasteiger partial charge on any atom is -0.394 e. The SMILES string of the molecule is OC[C@H]1O[C@@H](c2ccc(Cl)c(Cc3ccc4c(c3)CC3(CCCC3)C4)c2)[C@H](O)[C@@H](O)[C@@H]1O. The highest BCUT2D eigenvalue weighted by Gasteiger charge is 2.44. The molecule has 5 atom stereocenters. The van der Waals surface area contributed by atoms with Crippen LogP contribution in [0.1, 0.15) is 59.6 Å². The summed E-state index contributed by atoms with van der Waals surface area (Å²) in [5.74, 6) is 0. The van der Waals surface area contributed by atoms with E-state index < -0.39 is 37.1 Å². The van der Waals surface area contributed by atoms with Gasteiger partial charge in [0.05, 0.1) is 6.61 Å². The molecule has 1 saturated heterocycles. The zero-order valence-corrected chi connectivity index (χ0v) is 18.8. The van der Waals surface area contributed by atoms with Crippen molar-refractivity contribution in [1.29, 1.82) is 0 Å². The number of aliphatic hydroxyl groups excluding tert-OH is 4. The average molecular weight is 459 g/mol. The summed E-state index contributed by atoms with van der Waals surface area (Å²) in [5.41, 5.74) is 6.21. The van der Waals surface area contributed by atoms with Gasteiger partial charge in [-0.1, -0.05) is 54.8 Å². The first kappa shape index (κ1) is 22.3. The summed E-state index contributed by atoms with van der Waals surface area (Å²) in [5, 5.41) is 40.8. The first-order valence-electron chi connectivity index (χ1n) is 11.6. The maximum Gasteiger partial charge on any atom is 0.113 e. The first-order chi connectivity index (χ1) is 15.4. The fourth-order valence-electron chi connectivity index (χ4n) is 5.98. The molecule has 0 bridgehead atoms. The van der Waals surface area contributed by atoms with Gasteiger partial charge in [-0.2, -0.15) is 0 Å². The van der Waals surface area contributed by atoms with Crippen molar-refractivity contribution < 1.29 is 25.2 Å². The van der Waals surface area contributed by atoms with Gasteiger partial charge in [0.2, 0.25) is 0 Å². The number of hydrogen-bond donors (Lipinski definition) is 4. The Hall–Kier alpha value is -1.47. The third-order valence-electron chi connectivity index (χ3n) is 7.75. The standard InChI is InChI=1S/C26H31ClO5/c27-20-6-5-16(25-24(31)23(30)22(29)21(14-28)32-25)11-18(20)9-15-3-4-17-12-26(7-1-2-8-26)13-19(17)10-15/h3-6,10-11,21-25,28-31H,1-2,7-9,12-14H2/t21-,22-,23+,24-,25+/m1/s1. The summed E-state index contributed by atoms with van der Waals surface area (Å²) in [7, 11) is 0. The number of hydrogen-bond acceptors (Lipinski definition) is 5. The van der Waals surface area contributed by atoms with Crippen LogP contribution in [0.3, 0.4) is 0 Å². The number of rotatable bonds is 4. The van der Waals surface area contributed by atoms with E-state index in [1.54, 1.807) is 12.1 Å². The number of aliphatic hydroxyl groups is 4. The number of halogens is 1. The second-order valence-corrected chi connectivity index (χ2v) is 10.3. The first-order valence-corrected chi connectivity index (χ1v) is 12.0. The quantitative estimate of drug-likeness (QED) is 0.565. The minimum absolute atomic E-state index is 0.446. The van der Waals surface area contributed by atoms with Crippen molar-refractivity contribution in [3.8, 4) is 0 Å². The highest BCUT2D eigenvalue weighted by molar-refractivity contribution is 6.31. The molecule has 5 rings (SSSR count). The van der Waals surface area contributed by atoms with Gasteiger partial charge in [-0.25, -0.2) is 0 Å². The Bertz CT molecular complexity index is 984. The van der Waals surface area contributed by atoms with Gasteiger partial charge in [-0.3, -0.25) is 0 Å². The van der Waals surface area contributed by atoms with Gasteiger partial charge in [0.15, 0.2) is 0 Å². The highest BCUT2D eigenvalue weighted by atomic mass is 35.5. The number of benzene rings is 2. The Balaban J connectivity index is 1.37. The molecule has 0 aromatic heterocycles. The maximum atomic E-state index is 10.5. The van der Waals surface area contributed by atoms with E-state index in [-0.39, 0.29) is 0 Å². The van der Waals surface area contributed by atoms with E-state index in [1.807, 2.05) is 6.07 Å². The molecule has 2 aromatic carbocycles. The zero-order valence-electron chi connectivity index (χ0n) is 18.1. The summed E-state index contributed by atoms with van der Waals surface area (Å²) >= 11 is 6.51. The molecular formula is C26H31ClO5. The van der Waals surface area contributed by atoms with Crippen LogP contribution in [0.5, 0.6) is 0 Å². The Labute approximate surface area is 193 Å². The van der Waals surface area contributed by atoms with Crippen LogP contribution in [0, 0.1) is 5.41 Å². The molecule has 0 amide bonds. The van der Waals surface area contributed by atoms with Crippen LogP contribution in [0.25, 0.3) is 0 Å². The number of fused-ring (bicyclic) bond motifs is 1.